The molecule has 0 bridgehead atoms. The first-order valence-corrected chi connectivity index (χ1v) is 12.8. The van der Waals surface area contributed by atoms with Gasteiger partial charge in [0.05, 0.1) is 10.6 Å². The standard InChI is InChI=1S/C10H8O7S2.Al.HI/c11-7-2-1-6-3-8(18(12,13)14)5-10(9(6)4-7)19(15,16)17;;/h1-5,11H,(H,12,13,14)(H,15,16,17);;1H/q;+2;/p-2. The van der Waals surface area contributed by atoms with Crippen LogP contribution in [-0.4, -0.2) is 38.2 Å². The minimum absolute atomic E-state index is 0.103. The summed E-state index contributed by atoms with van der Waals surface area (Å²) in [5.74, 6) is 0.399. The molecule has 0 saturated heterocycles. The molecule has 2 rings (SSSR count). The molecule has 0 spiro atoms. The van der Waals surface area contributed by atoms with Gasteiger partial charge < -0.3 is 3.79 Å². The Bertz CT molecular complexity index is 908. The van der Waals surface area contributed by atoms with Crippen LogP contribution in [0, 0.1) is 0 Å². The second-order valence-electron chi connectivity index (χ2n) is 3.96. The van der Waals surface area contributed by atoms with Crippen molar-refractivity contribution in [1.29, 1.82) is 0 Å². The van der Waals surface area contributed by atoms with Crippen LogP contribution in [0.4, 0.5) is 0 Å². The fraction of sp³-hybridized carbons (Fsp3) is 0. The lowest BCUT2D eigenvalue weighted by atomic mass is 10.1. The average molecular weight is 457 g/mol. The lowest BCUT2D eigenvalue weighted by Crippen LogP contribution is -2.04. The van der Waals surface area contributed by atoms with E-state index in [1.165, 1.54) is 18.2 Å². The zero-order valence-corrected chi connectivity index (χ0v) is 15.0. The summed E-state index contributed by atoms with van der Waals surface area (Å²) < 4.78 is 68.9. The van der Waals surface area contributed by atoms with Crippen molar-refractivity contribution >= 4 is 63.6 Å². The highest BCUT2D eigenvalue weighted by Gasteiger charge is 2.20. The summed E-state index contributed by atoms with van der Waals surface area (Å²) >= 11 is 1.68. The molecule has 0 amide bonds. The van der Waals surface area contributed by atoms with Gasteiger partial charge in [0.1, 0.15) is 4.90 Å². The van der Waals surface area contributed by atoms with Gasteiger partial charge >= 0.3 is 12.3 Å². The molecule has 1 radical (unpaired) electrons. The maximum absolute atomic E-state index is 11.4. The van der Waals surface area contributed by atoms with Crippen LogP contribution < -0.4 is 3.79 Å². The zero-order chi connectivity index (χ0) is 15.8. The highest BCUT2D eigenvalue weighted by Crippen LogP contribution is 2.30. The molecule has 0 aliphatic heterocycles. The largest absolute Gasteiger partial charge is 0.640 e. The Kier molecular flexibility index (Phi) is 4.84. The summed E-state index contributed by atoms with van der Waals surface area (Å²) in [5.41, 5.74) is 0. The van der Waals surface area contributed by atoms with Crippen LogP contribution in [0.5, 0.6) is 5.75 Å². The van der Waals surface area contributed by atoms with Crippen molar-refractivity contribution in [2.75, 3.05) is 0 Å². The van der Waals surface area contributed by atoms with Crippen molar-refractivity contribution in [1.82, 2.24) is 0 Å². The fourth-order valence-electron chi connectivity index (χ4n) is 1.76. The minimum Gasteiger partial charge on any atom is -0.640 e. The van der Waals surface area contributed by atoms with Gasteiger partial charge in [-0.2, -0.15) is 37.1 Å². The maximum atomic E-state index is 11.4. The summed E-state index contributed by atoms with van der Waals surface area (Å²) in [6.07, 6.45) is 0. The first-order chi connectivity index (χ1) is 9.63. The van der Waals surface area contributed by atoms with Crippen LogP contribution in [0.25, 0.3) is 10.8 Å². The van der Waals surface area contributed by atoms with Crippen molar-refractivity contribution in [3.8, 4) is 5.75 Å². The monoisotopic (exact) mass is 457 g/mol. The van der Waals surface area contributed by atoms with E-state index in [0.29, 0.717) is 11.8 Å². The maximum Gasteiger partial charge on any atom is 0.625 e. The molecule has 21 heavy (non-hydrogen) atoms. The second-order valence-corrected chi connectivity index (χ2v) is 8.71. The number of rotatable bonds is 4. The first-order valence-electron chi connectivity index (χ1n) is 5.24. The van der Waals surface area contributed by atoms with E-state index in [0.717, 1.165) is 6.07 Å². The molecule has 0 fully saturated rings. The molecule has 2 aromatic carbocycles. The summed E-state index contributed by atoms with van der Waals surface area (Å²) in [6.45, 7) is 0. The Morgan fingerprint density at radius 2 is 1.67 bits per heavy atom. The van der Waals surface area contributed by atoms with Crippen molar-refractivity contribution in [2.45, 2.75) is 9.79 Å². The Morgan fingerprint density at radius 3 is 2.19 bits per heavy atom. The third-order valence-electron chi connectivity index (χ3n) is 2.62. The Labute approximate surface area is 138 Å². The van der Waals surface area contributed by atoms with E-state index in [1.807, 2.05) is 20.3 Å². The average Bonchev–Trinajstić information content (AvgIpc) is 2.35. The molecule has 0 aliphatic carbocycles. The summed E-state index contributed by atoms with van der Waals surface area (Å²) in [5, 5.41) is 0.334. The normalized spacial score (nSPS) is 12.3. The van der Waals surface area contributed by atoms with Crippen LogP contribution in [0.1, 0.15) is 0 Å². The van der Waals surface area contributed by atoms with E-state index in [2.05, 4.69) is 0 Å². The van der Waals surface area contributed by atoms with Gasteiger partial charge in [-0.15, -0.1) is 0 Å². The Morgan fingerprint density at radius 1 is 1.00 bits per heavy atom. The van der Waals surface area contributed by atoms with Gasteiger partial charge in [-0.05, 0) is 29.7 Å². The third kappa shape index (κ3) is 3.86. The summed E-state index contributed by atoms with van der Waals surface area (Å²) in [7, 11) is -9.27. The molecular formula is C10H7AlIO7S2. The number of benzene rings is 2. The van der Waals surface area contributed by atoms with Crippen molar-refractivity contribution in [2.24, 2.45) is 0 Å². The van der Waals surface area contributed by atoms with E-state index in [9.17, 15) is 21.4 Å². The molecular weight excluding hydrogens is 450 g/mol. The lowest BCUT2D eigenvalue weighted by Gasteiger charge is -2.10. The van der Waals surface area contributed by atoms with Gasteiger partial charge in [-0.25, -0.2) is 0 Å². The third-order valence-corrected chi connectivity index (χ3v) is 5.47. The molecule has 0 aromatic heterocycles. The van der Waals surface area contributed by atoms with Crippen molar-refractivity contribution < 1.29 is 29.7 Å². The van der Waals surface area contributed by atoms with Crippen LogP contribution in [-0.2, 0) is 20.2 Å². The predicted octanol–water partition coefficient (Wildman–Crippen LogP) is 1.68. The van der Waals surface area contributed by atoms with E-state index < -0.39 is 30.0 Å². The van der Waals surface area contributed by atoms with Gasteiger partial charge in [0.2, 0.25) is 0 Å². The molecule has 2 aromatic rings. The Hall–Kier alpha value is -0.418. The van der Waals surface area contributed by atoms with Crippen molar-refractivity contribution in [3.63, 3.8) is 0 Å². The van der Waals surface area contributed by atoms with Crippen LogP contribution >= 0.6 is 20.3 Å². The zero-order valence-electron chi connectivity index (χ0n) is 10.1. The van der Waals surface area contributed by atoms with Crippen molar-refractivity contribution in [3.05, 3.63) is 30.3 Å². The smallest absolute Gasteiger partial charge is 0.625 e. The van der Waals surface area contributed by atoms with E-state index in [1.54, 1.807) is 0 Å². The number of halogens is 1. The number of fused-ring (bicyclic) bond motifs is 1. The van der Waals surface area contributed by atoms with Crippen LogP contribution in [0.2, 0.25) is 0 Å². The minimum atomic E-state index is -4.67. The summed E-state index contributed by atoms with van der Waals surface area (Å²) in [6, 6.07) is 6.18. The first kappa shape index (κ1) is 16.9. The van der Waals surface area contributed by atoms with Gasteiger partial charge in [-0.1, -0.05) is 6.07 Å². The van der Waals surface area contributed by atoms with Gasteiger partial charge in [0, 0.05) is 5.39 Å². The molecule has 0 unspecified atom stereocenters. The molecule has 2 N–H and O–H groups in total. The van der Waals surface area contributed by atoms with Crippen LogP contribution in [0.15, 0.2) is 40.1 Å². The summed E-state index contributed by atoms with van der Waals surface area (Å²) in [4.78, 5) is -1.22. The SMILES string of the molecule is O=S(=O)(O)c1cc(S(=O)(=O)O)c2cc([O][Al][I])ccc2c1. The molecule has 0 saturated carbocycles. The Balaban J connectivity index is 2.88. The number of hydrogen-bond acceptors (Lipinski definition) is 5. The van der Waals surface area contributed by atoms with Gasteiger partial charge in [-0.3, -0.25) is 9.11 Å². The number of hydrogen-bond donors (Lipinski definition) is 2. The van der Waals surface area contributed by atoms with E-state index in [-0.39, 0.29) is 23.0 Å². The molecule has 11 heteroatoms. The molecule has 7 nitrogen and oxygen atoms in total. The lowest BCUT2D eigenvalue weighted by molar-refractivity contribution is 0.482. The highest BCUT2D eigenvalue weighted by atomic mass is 127. The molecule has 0 atom stereocenters. The topological polar surface area (TPSA) is 118 Å². The van der Waals surface area contributed by atoms with Gasteiger partial charge in [0.15, 0.2) is 0 Å². The predicted molar refractivity (Wildman–Crippen MR) is 84.0 cm³/mol. The fourth-order valence-corrected chi connectivity index (χ4v) is 4.24. The molecule has 0 heterocycles. The van der Waals surface area contributed by atoms with E-state index in [4.69, 9.17) is 8.34 Å². The van der Waals surface area contributed by atoms with Crippen LogP contribution in [0.3, 0.4) is 0 Å². The molecule has 0 aliphatic rings. The highest BCUT2D eigenvalue weighted by molar-refractivity contribution is 14.1. The second kappa shape index (κ2) is 6.00. The van der Waals surface area contributed by atoms with Gasteiger partial charge in [0.25, 0.3) is 20.2 Å². The van der Waals surface area contributed by atoms with E-state index >= 15 is 0 Å². The quantitative estimate of drug-likeness (QED) is 0.408. The molecule has 111 valence electrons.